The first kappa shape index (κ1) is 21.3. The van der Waals surface area contributed by atoms with E-state index in [4.69, 9.17) is 0 Å². The van der Waals surface area contributed by atoms with Gasteiger partial charge in [-0.15, -0.1) is 0 Å². The molecule has 0 aliphatic heterocycles. The SMILES string of the molecule is CCC(C)C(=O)C(=O)Nc1cccc(-c2c[nH]c3ncc(NCc4ccccc4)cc23)c1. The van der Waals surface area contributed by atoms with Crippen molar-refractivity contribution in [1.82, 2.24) is 9.97 Å². The molecule has 6 heteroatoms. The van der Waals surface area contributed by atoms with E-state index in [0.29, 0.717) is 18.7 Å². The first-order valence-electron chi connectivity index (χ1n) is 10.8. The molecule has 0 saturated carbocycles. The molecule has 0 aliphatic rings. The van der Waals surface area contributed by atoms with Crippen molar-refractivity contribution in [3.63, 3.8) is 0 Å². The molecule has 2 heterocycles. The maximum absolute atomic E-state index is 12.3. The van der Waals surface area contributed by atoms with Gasteiger partial charge in [-0.25, -0.2) is 4.98 Å². The molecule has 0 radical (unpaired) electrons. The second-order valence-electron chi connectivity index (χ2n) is 7.87. The summed E-state index contributed by atoms with van der Waals surface area (Å²) in [6, 6.07) is 19.7. The normalized spacial score (nSPS) is 11.8. The molecular formula is C26H26N4O2. The highest BCUT2D eigenvalue weighted by molar-refractivity contribution is 6.41. The Balaban J connectivity index is 1.56. The van der Waals surface area contributed by atoms with Crippen LogP contribution in [0.4, 0.5) is 11.4 Å². The number of rotatable bonds is 8. The van der Waals surface area contributed by atoms with Crippen LogP contribution in [0.5, 0.6) is 0 Å². The molecule has 0 bridgehead atoms. The topological polar surface area (TPSA) is 86.9 Å². The minimum atomic E-state index is -0.579. The molecule has 6 nitrogen and oxygen atoms in total. The number of aromatic amines is 1. The van der Waals surface area contributed by atoms with Crippen LogP contribution in [0.3, 0.4) is 0 Å². The molecule has 162 valence electrons. The van der Waals surface area contributed by atoms with Crippen LogP contribution >= 0.6 is 0 Å². The zero-order chi connectivity index (χ0) is 22.5. The van der Waals surface area contributed by atoms with Crippen LogP contribution in [0.1, 0.15) is 25.8 Å². The highest BCUT2D eigenvalue weighted by atomic mass is 16.2. The summed E-state index contributed by atoms with van der Waals surface area (Å²) < 4.78 is 0. The summed E-state index contributed by atoms with van der Waals surface area (Å²) in [4.78, 5) is 32.1. The molecule has 32 heavy (non-hydrogen) atoms. The van der Waals surface area contributed by atoms with E-state index in [0.717, 1.165) is 27.8 Å². The monoisotopic (exact) mass is 426 g/mol. The summed E-state index contributed by atoms with van der Waals surface area (Å²) in [7, 11) is 0. The second kappa shape index (κ2) is 9.47. The summed E-state index contributed by atoms with van der Waals surface area (Å²) >= 11 is 0. The molecule has 4 aromatic rings. The largest absolute Gasteiger partial charge is 0.380 e. The maximum atomic E-state index is 12.3. The number of carbonyl (C=O) groups excluding carboxylic acids is 2. The molecule has 1 atom stereocenters. The molecule has 0 saturated heterocycles. The number of benzene rings is 2. The number of anilines is 2. The van der Waals surface area contributed by atoms with Gasteiger partial charge in [-0.3, -0.25) is 9.59 Å². The smallest absolute Gasteiger partial charge is 0.292 e. The Hall–Kier alpha value is -3.93. The number of carbonyl (C=O) groups is 2. The van der Waals surface area contributed by atoms with E-state index in [9.17, 15) is 9.59 Å². The number of aromatic nitrogens is 2. The van der Waals surface area contributed by atoms with Gasteiger partial charge in [0, 0.05) is 35.3 Å². The average molecular weight is 427 g/mol. The molecule has 0 fully saturated rings. The van der Waals surface area contributed by atoms with Crippen molar-refractivity contribution in [2.75, 3.05) is 10.6 Å². The quantitative estimate of drug-likeness (QED) is 0.329. The van der Waals surface area contributed by atoms with E-state index in [-0.39, 0.29) is 5.92 Å². The summed E-state index contributed by atoms with van der Waals surface area (Å²) in [6.45, 7) is 4.37. The van der Waals surface area contributed by atoms with Crippen molar-refractivity contribution in [3.05, 3.63) is 78.6 Å². The van der Waals surface area contributed by atoms with E-state index in [1.807, 2.05) is 55.7 Å². The number of hydrogen-bond donors (Lipinski definition) is 3. The lowest BCUT2D eigenvalue weighted by Crippen LogP contribution is -2.27. The fourth-order valence-electron chi connectivity index (χ4n) is 3.51. The lowest BCUT2D eigenvalue weighted by molar-refractivity contribution is -0.137. The Bertz CT molecular complexity index is 1250. The van der Waals surface area contributed by atoms with Crippen LogP contribution < -0.4 is 10.6 Å². The van der Waals surface area contributed by atoms with Gasteiger partial charge in [-0.1, -0.05) is 56.3 Å². The van der Waals surface area contributed by atoms with E-state index in [1.165, 1.54) is 5.56 Å². The van der Waals surface area contributed by atoms with Crippen molar-refractivity contribution in [2.45, 2.75) is 26.8 Å². The van der Waals surface area contributed by atoms with E-state index in [2.05, 4.69) is 38.8 Å². The third-order valence-corrected chi connectivity index (χ3v) is 5.59. The van der Waals surface area contributed by atoms with E-state index in [1.54, 1.807) is 13.0 Å². The number of fused-ring (bicyclic) bond motifs is 1. The molecule has 0 aliphatic carbocycles. The molecule has 2 aromatic carbocycles. The van der Waals surface area contributed by atoms with Crippen LogP contribution in [-0.2, 0) is 16.1 Å². The van der Waals surface area contributed by atoms with Crippen molar-refractivity contribution < 1.29 is 9.59 Å². The van der Waals surface area contributed by atoms with Crippen LogP contribution in [-0.4, -0.2) is 21.7 Å². The fourth-order valence-corrected chi connectivity index (χ4v) is 3.51. The Morgan fingerprint density at radius 2 is 1.84 bits per heavy atom. The molecule has 3 N–H and O–H groups in total. The fraction of sp³-hybridized carbons (Fsp3) is 0.192. The van der Waals surface area contributed by atoms with Gasteiger partial charge in [0.1, 0.15) is 5.65 Å². The van der Waals surface area contributed by atoms with Gasteiger partial charge < -0.3 is 15.6 Å². The molecular weight excluding hydrogens is 400 g/mol. The van der Waals surface area contributed by atoms with Gasteiger partial charge in [-0.05, 0) is 35.7 Å². The molecule has 1 unspecified atom stereocenters. The van der Waals surface area contributed by atoms with Gasteiger partial charge in [-0.2, -0.15) is 0 Å². The van der Waals surface area contributed by atoms with Gasteiger partial charge in [0.2, 0.25) is 5.78 Å². The van der Waals surface area contributed by atoms with Crippen LogP contribution in [0.25, 0.3) is 22.2 Å². The highest BCUT2D eigenvalue weighted by Crippen LogP contribution is 2.31. The first-order valence-corrected chi connectivity index (χ1v) is 10.8. The highest BCUT2D eigenvalue weighted by Gasteiger charge is 2.20. The number of Topliss-reactive ketones (excluding diaryl/α,β-unsaturated/α-hetero) is 1. The lowest BCUT2D eigenvalue weighted by atomic mass is 10.0. The number of amides is 1. The van der Waals surface area contributed by atoms with Crippen LogP contribution in [0, 0.1) is 5.92 Å². The molecule has 0 spiro atoms. The summed E-state index contributed by atoms with van der Waals surface area (Å²) in [5.41, 5.74) is 5.38. The number of H-pyrrole nitrogens is 1. The Kier molecular flexibility index (Phi) is 6.31. The van der Waals surface area contributed by atoms with E-state index >= 15 is 0 Å². The van der Waals surface area contributed by atoms with Gasteiger partial charge >= 0.3 is 0 Å². The lowest BCUT2D eigenvalue weighted by Gasteiger charge is -2.10. The Morgan fingerprint density at radius 3 is 2.62 bits per heavy atom. The zero-order valence-corrected chi connectivity index (χ0v) is 18.2. The summed E-state index contributed by atoms with van der Waals surface area (Å²) in [5.74, 6) is -1.27. The minimum absolute atomic E-state index is 0.292. The predicted molar refractivity (Wildman–Crippen MR) is 128 cm³/mol. The summed E-state index contributed by atoms with van der Waals surface area (Å²) in [6.07, 6.45) is 4.35. The predicted octanol–water partition coefficient (Wildman–Crippen LogP) is 5.40. The number of hydrogen-bond acceptors (Lipinski definition) is 4. The van der Waals surface area contributed by atoms with Gasteiger partial charge in [0.25, 0.3) is 5.91 Å². The van der Waals surface area contributed by atoms with Crippen molar-refractivity contribution in [1.29, 1.82) is 0 Å². The number of nitrogens with one attached hydrogen (secondary N) is 3. The molecule has 1 amide bonds. The first-order chi connectivity index (χ1) is 15.5. The van der Waals surface area contributed by atoms with Crippen molar-refractivity contribution in [2.24, 2.45) is 5.92 Å². The standard InChI is InChI=1S/C26H26N4O2/c1-3-17(2)24(31)26(32)30-20-11-7-10-19(12-20)23-16-29-25-22(23)13-21(15-28-25)27-14-18-8-5-4-6-9-18/h4-13,15-17,27H,3,14H2,1-2H3,(H,28,29)(H,30,32). The zero-order valence-electron chi connectivity index (χ0n) is 18.2. The van der Waals surface area contributed by atoms with Crippen LogP contribution in [0.15, 0.2) is 73.1 Å². The van der Waals surface area contributed by atoms with Gasteiger partial charge in [0.15, 0.2) is 0 Å². The third kappa shape index (κ3) is 4.70. The minimum Gasteiger partial charge on any atom is -0.380 e. The Morgan fingerprint density at radius 1 is 1.03 bits per heavy atom. The van der Waals surface area contributed by atoms with Crippen LogP contribution in [0.2, 0.25) is 0 Å². The van der Waals surface area contributed by atoms with Crippen molar-refractivity contribution in [3.8, 4) is 11.1 Å². The molecule has 4 rings (SSSR count). The number of pyridine rings is 1. The van der Waals surface area contributed by atoms with Crippen molar-refractivity contribution >= 4 is 34.1 Å². The molecule has 2 aromatic heterocycles. The summed E-state index contributed by atoms with van der Waals surface area (Å²) in [5, 5.41) is 7.12. The maximum Gasteiger partial charge on any atom is 0.292 e. The van der Waals surface area contributed by atoms with Gasteiger partial charge in [0.05, 0.1) is 11.9 Å². The van der Waals surface area contributed by atoms with E-state index < -0.39 is 11.7 Å². The average Bonchev–Trinajstić information content (AvgIpc) is 3.26. The second-order valence-corrected chi connectivity index (χ2v) is 7.87. The Labute approximate surface area is 187 Å². The number of ketones is 1. The number of nitrogens with zero attached hydrogens (tertiary/aromatic N) is 1. The third-order valence-electron chi connectivity index (χ3n) is 5.59.